The molecule has 26 heavy (non-hydrogen) atoms. The van der Waals surface area contributed by atoms with E-state index in [9.17, 15) is 0 Å². The van der Waals surface area contributed by atoms with Crippen LogP contribution >= 0.6 is 0 Å². The van der Waals surface area contributed by atoms with Crippen LogP contribution in [0.4, 0.5) is 0 Å². The van der Waals surface area contributed by atoms with E-state index in [-0.39, 0.29) is 5.60 Å². The number of rotatable bonds is 5. The standard InChI is InChI=1S/C13H20O2.C7H8.C2H6.CH2O/c1-11(10-14-3)13(2,15-4)12-8-6-5-7-9-12;1-7-5-3-2-4-6-7;2*1-2/h5-9,11H,10H2,1-4H3;2-6H,1H3;1-2H3;1H2. The lowest BCUT2D eigenvalue weighted by atomic mass is 9.84. The molecule has 0 aliphatic heterocycles. The summed E-state index contributed by atoms with van der Waals surface area (Å²) in [6.45, 7) is 13.0. The number of hydrogen-bond donors (Lipinski definition) is 0. The highest BCUT2D eigenvalue weighted by atomic mass is 16.5. The van der Waals surface area contributed by atoms with E-state index in [1.54, 1.807) is 14.2 Å². The molecule has 3 nitrogen and oxygen atoms in total. The normalized spacial score (nSPS) is 12.6. The van der Waals surface area contributed by atoms with Gasteiger partial charge in [-0.25, -0.2) is 0 Å². The van der Waals surface area contributed by atoms with Crippen molar-refractivity contribution in [2.75, 3.05) is 20.8 Å². The van der Waals surface area contributed by atoms with Crippen molar-refractivity contribution in [2.24, 2.45) is 5.92 Å². The minimum atomic E-state index is -0.280. The summed E-state index contributed by atoms with van der Waals surface area (Å²) >= 11 is 0. The van der Waals surface area contributed by atoms with Crippen molar-refractivity contribution in [3.8, 4) is 0 Å². The molecule has 0 aliphatic rings. The second kappa shape index (κ2) is 16.5. The summed E-state index contributed by atoms with van der Waals surface area (Å²) in [5.74, 6) is 0.315. The number of benzene rings is 2. The first-order valence-electron chi connectivity index (χ1n) is 8.94. The van der Waals surface area contributed by atoms with E-state index in [1.165, 1.54) is 11.1 Å². The van der Waals surface area contributed by atoms with Gasteiger partial charge in [0.1, 0.15) is 6.79 Å². The van der Waals surface area contributed by atoms with Gasteiger partial charge in [-0.1, -0.05) is 87.0 Å². The molecule has 2 unspecified atom stereocenters. The predicted molar refractivity (Wildman–Crippen MR) is 111 cm³/mol. The Morgan fingerprint density at radius 1 is 0.923 bits per heavy atom. The molecule has 146 valence electrons. The summed E-state index contributed by atoms with van der Waals surface area (Å²) < 4.78 is 10.9. The molecular weight excluding hydrogens is 324 g/mol. The molecule has 0 N–H and O–H groups in total. The molecule has 0 radical (unpaired) electrons. The van der Waals surface area contributed by atoms with E-state index in [0.717, 1.165) is 0 Å². The second-order valence-electron chi connectivity index (χ2n) is 5.69. The molecule has 0 aliphatic carbocycles. The van der Waals surface area contributed by atoms with Crippen LogP contribution in [-0.2, 0) is 19.9 Å². The quantitative estimate of drug-likeness (QED) is 0.689. The number of methoxy groups -OCH3 is 2. The topological polar surface area (TPSA) is 35.5 Å². The SMILES string of the molecule is C=O.CC.COCC(C)C(C)(OC)c1ccccc1.Cc1ccccc1. The molecule has 0 saturated heterocycles. The molecule has 0 spiro atoms. The largest absolute Gasteiger partial charge is 0.384 e. The van der Waals surface area contributed by atoms with Gasteiger partial charge in [0.2, 0.25) is 0 Å². The van der Waals surface area contributed by atoms with Crippen molar-refractivity contribution in [3.05, 3.63) is 71.8 Å². The lowest BCUT2D eigenvalue weighted by molar-refractivity contribution is -0.0980. The zero-order valence-electron chi connectivity index (χ0n) is 17.5. The second-order valence-corrected chi connectivity index (χ2v) is 5.69. The van der Waals surface area contributed by atoms with E-state index in [4.69, 9.17) is 14.3 Å². The first kappa shape index (κ1) is 26.3. The maximum Gasteiger partial charge on any atom is 0.106 e. The van der Waals surface area contributed by atoms with Gasteiger partial charge < -0.3 is 14.3 Å². The molecule has 2 atom stereocenters. The fourth-order valence-corrected chi connectivity index (χ4v) is 2.32. The molecule has 0 fully saturated rings. The Labute approximate surface area is 160 Å². The number of carbonyl (C=O) groups is 1. The highest BCUT2D eigenvalue weighted by Gasteiger charge is 2.32. The van der Waals surface area contributed by atoms with Crippen LogP contribution in [0.3, 0.4) is 0 Å². The third-order valence-electron chi connectivity index (χ3n) is 4.07. The average molecular weight is 361 g/mol. The lowest BCUT2D eigenvalue weighted by Crippen LogP contribution is -2.34. The first-order valence-corrected chi connectivity index (χ1v) is 8.94. The Hall–Kier alpha value is -1.97. The van der Waals surface area contributed by atoms with Crippen molar-refractivity contribution in [1.82, 2.24) is 0 Å². The van der Waals surface area contributed by atoms with Crippen molar-refractivity contribution >= 4 is 6.79 Å². The van der Waals surface area contributed by atoms with Crippen LogP contribution in [0, 0.1) is 12.8 Å². The summed E-state index contributed by atoms with van der Waals surface area (Å²) in [7, 11) is 3.47. The van der Waals surface area contributed by atoms with E-state index in [2.05, 4.69) is 45.0 Å². The molecule has 2 aromatic carbocycles. The van der Waals surface area contributed by atoms with Crippen LogP contribution in [0.15, 0.2) is 60.7 Å². The number of aryl methyl sites for hydroxylation is 1. The summed E-state index contributed by atoms with van der Waals surface area (Å²) in [5.41, 5.74) is 2.23. The van der Waals surface area contributed by atoms with Gasteiger partial charge in [-0.2, -0.15) is 0 Å². The summed E-state index contributed by atoms with van der Waals surface area (Å²) in [6, 6.07) is 20.5. The molecule has 0 aromatic heterocycles. The minimum Gasteiger partial charge on any atom is -0.384 e. The van der Waals surface area contributed by atoms with Gasteiger partial charge in [0, 0.05) is 20.1 Å². The fourth-order valence-electron chi connectivity index (χ4n) is 2.32. The maximum atomic E-state index is 8.00. The molecule has 3 heteroatoms. The lowest BCUT2D eigenvalue weighted by Gasteiger charge is -2.34. The van der Waals surface area contributed by atoms with E-state index in [1.807, 2.05) is 57.0 Å². The first-order chi connectivity index (χ1) is 12.5. The minimum absolute atomic E-state index is 0.280. The molecule has 0 heterocycles. The van der Waals surface area contributed by atoms with Crippen LogP contribution in [0.2, 0.25) is 0 Å². The molecule has 2 aromatic rings. The van der Waals surface area contributed by atoms with E-state index >= 15 is 0 Å². The van der Waals surface area contributed by atoms with Crippen LogP contribution < -0.4 is 0 Å². The van der Waals surface area contributed by atoms with Gasteiger partial charge in [-0.15, -0.1) is 0 Å². The molecule has 2 rings (SSSR count). The summed E-state index contributed by atoms with van der Waals surface area (Å²) in [6.07, 6.45) is 0. The van der Waals surface area contributed by atoms with Gasteiger partial charge >= 0.3 is 0 Å². The Bertz CT molecular complexity index is 528. The Morgan fingerprint density at radius 2 is 1.35 bits per heavy atom. The van der Waals surface area contributed by atoms with Gasteiger partial charge in [0.25, 0.3) is 0 Å². The van der Waals surface area contributed by atoms with Crippen molar-refractivity contribution in [2.45, 2.75) is 40.2 Å². The molecule has 0 amide bonds. The monoisotopic (exact) mass is 360 g/mol. The molecular formula is C23H36O3. The van der Waals surface area contributed by atoms with Gasteiger partial charge in [-0.05, 0) is 19.4 Å². The maximum absolute atomic E-state index is 8.00. The van der Waals surface area contributed by atoms with Gasteiger partial charge in [-0.3, -0.25) is 0 Å². The zero-order chi connectivity index (χ0) is 20.4. The van der Waals surface area contributed by atoms with Crippen LogP contribution in [0.5, 0.6) is 0 Å². The average Bonchev–Trinajstić information content (AvgIpc) is 2.72. The van der Waals surface area contributed by atoms with E-state index in [0.29, 0.717) is 12.5 Å². The summed E-state index contributed by atoms with van der Waals surface area (Å²) in [5, 5.41) is 0. The van der Waals surface area contributed by atoms with Gasteiger partial charge in [0.05, 0.1) is 12.2 Å². The van der Waals surface area contributed by atoms with E-state index < -0.39 is 0 Å². The number of ether oxygens (including phenoxy) is 2. The van der Waals surface area contributed by atoms with Gasteiger partial charge in [0.15, 0.2) is 0 Å². The fraction of sp³-hybridized carbons (Fsp3) is 0.435. The Balaban J connectivity index is 0. The molecule has 0 bridgehead atoms. The van der Waals surface area contributed by atoms with Crippen molar-refractivity contribution in [3.63, 3.8) is 0 Å². The summed E-state index contributed by atoms with van der Waals surface area (Å²) in [4.78, 5) is 8.00. The number of carbonyl (C=O) groups excluding carboxylic acids is 1. The highest BCUT2D eigenvalue weighted by molar-refractivity contribution is 5.22. The van der Waals surface area contributed by atoms with Crippen LogP contribution in [0.1, 0.15) is 38.8 Å². The van der Waals surface area contributed by atoms with Crippen LogP contribution in [0.25, 0.3) is 0 Å². The Morgan fingerprint density at radius 3 is 1.65 bits per heavy atom. The zero-order valence-corrected chi connectivity index (χ0v) is 17.5. The predicted octanol–water partition coefficient (Wildman–Crippen LogP) is 5.67. The van der Waals surface area contributed by atoms with Crippen LogP contribution in [-0.4, -0.2) is 27.6 Å². The highest BCUT2D eigenvalue weighted by Crippen LogP contribution is 2.32. The molecule has 0 saturated carbocycles. The third-order valence-corrected chi connectivity index (χ3v) is 4.07. The number of hydrogen-bond acceptors (Lipinski definition) is 3. The Kier molecular flexibility index (Phi) is 16.7. The smallest absolute Gasteiger partial charge is 0.106 e. The third kappa shape index (κ3) is 9.50. The van der Waals surface area contributed by atoms with Crippen molar-refractivity contribution in [1.29, 1.82) is 0 Å². The van der Waals surface area contributed by atoms with Crippen molar-refractivity contribution < 1.29 is 14.3 Å².